The summed E-state index contributed by atoms with van der Waals surface area (Å²) in [6, 6.07) is 13.2. The van der Waals surface area contributed by atoms with Gasteiger partial charge >= 0.3 is 0 Å². The quantitative estimate of drug-likeness (QED) is 0.585. The molecule has 3 rings (SSSR count). The standard InChI is InChI=1S/C18H18IN3O2S/c1-11(2)20-17-15-9-6-13(10-16(15)21-22-18(17)19)12-4-7-14(8-5-12)25(3,23)24/h4-11H,1-3H3,(H,20,21). The van der Waals surface area contributed by atoms with E-state index in [-0.39, 0.29) is 0 Å². The zero-order valence-corrected chi connectivity index (χ0v) is 17.1. The van der Waals surface area contributed by atoms with Gasteiger partial charge in [-0.25, -0.2) is 8.42 Å². The Morgan fingerprint density at radius 3 is 2.24 bits per heavy atom. The molecule has 0 saturated carbocycles. The van der Waals surface area contributed by atoms with E-state index in [4.69, 9.17) is 0 Å². The summed E-state index contributed by atoms with van der Waals surface area (Å²) in [5.74, 6) is 0. The molecule has 5 nitrogen and oxygen atoms in total. The third-order valence-corrected chi connectivity index (χ3v) is 5.65. The molecule has 0 aliphatic carbocycles. The Labute approximate surface area is 160 Å². The van der Waals surface area contributed by atoms with Crippen molar-refractivity contribution in [1.29, 1.82) is 0 Å². The van der Waals surface area contributed by atoms with Gasteiger partial charge in [-0.2, -0.15) is 0 Å². The molecule has 0 amide bonds. The second-order valence-corrected chi connectivity index (χ2v) is 9.23. The van der Waals surface area contributed by atoms with Gasteiger partial charge < -0.3 is 5.32 Å². The van der Waals surface area contributed by atoms with Gasteiger partial charge in [0, 0.05) is 17.7 Å². The van der Waals surface area contributed by atoms with Gasteiger partial charge in [-0.3, -0.25) is 0 Å². The Hall–Kier alpha value is -1.74. The third-order valence-electron chi connectivity index (χ3n) is 3.77. The number of anilines is 1. The summed E-state index contributed by atoms with van der Waals surface area (Å²) >= 11 is 2.18. The Kier molecular flexibility index (Phi) is 4.97. The van der Waals surface area contributed by atoms with Gasteiger partial charge in [-0.1, -0.05) is 18.2 Å². The highest BCUT2D eigenvalue weighted by molar-refractivity contribution is 14.1. The Balaban J connectivity index is 2.06. The number of rotatable bonds is 4. The van der Waals surface area contributed by atoms with Crippen molar-refractivity contribution in [2.24, 2.45) is 0 Å². The second kappa shape index (κ2) is 6.87. The summed E-state index contributed by atoms with van der Waals surface area (Å²) in [7, 11) is -3.19. The minimum Gasteiger partial charge on any atom is -0.380 e. The second-order valence-electron chi connectivity index (χ2n) is 6.19. The van der Waals surface area contributed by atoms with E-state index in [1.165, 1.54) is 6.26 Å². The molecule has 2 aromatic carbocycles. The molecule has 0 bridgehead atoms. The Morgan fingerprint density at radius 1 is 1.00 bits per heavy atom. The lowest BCUT2D eigenvalue weighted by molar-refractivity contribution is 0.602. The average molecular weight is 467 g/mol. The van der Waals surface area contributed by atoms with Crippen molar-refractivity contribution in [3.8, 4) is 11.1 Å². The molecule has 7 heteroatoms. The van der Waals surface area contributed by atoms with Crippen molar-refractivity contribution >= 4 is 49.0 Å². The van der Waals surface area contributed by atoms with Gasteiger partial charge in [0.1, 0.15) is 3.70 Å². The van der Waals surface area contributed by atoms with Gasteiger partial charge in [0.15, 0.2) is 9.84 Å². The fraction of sp³-hybridized carbons (Fsp3) is 0.222. The molecule has 1 aromatic heterocycles. The maximum Gasteiger partial charge on any atom is 0.175 e. The predicted octanol–water partition coefficient (Wildman–Crippen LogP) is 4.13. The van der Waals surface area contributed by atoms with Crippen LogP contribution in [0.15, 0.2) is 47.4 Å². The molecule has 0 aliphatic rings. The average Bonchev–Trinajstić information content (AvgIpc) is 2.56. The van der Waals surface area contributed by atoms with Crippen LogP contribution in [0.1, 0.15) is 13.8 Å². The van der Waals surface area contributed by atoms with Crippen LogP contribution in [0.3, 0.4) is 0 Å². The van der Waals surface area contributed by atoms with Crippen molar-refractivity contribution in [1.82, 2.24) is 10.2 Å². The molecule has 0 saturated heterocycles. The smallest absolute Gasteiger partial charge is 0.175 e. The number of benzene rings is 2. The van der Waals surface area contributed by atoms with E-state index in [0.29, 0.717) is 10.9 Å². The molecule has 1 heterocycles. The highest BCUT2D eigenvalue weighted by Crippen LogP contribution is 2.30. The first-order valence-corrected chi connectivity index (χ1v) is 10.8. The summed E-state index contributed by atoms with van der Waals surface area (Å²) < 4.78 is 24.0. The van der Waals surface area contributed by atoms with Gasteiger partial charge in [-0.15, -0.1) is 10.2 Å². The molecule has 0 spiro atoms. The predicted molar refractivity (Wildman–Crippen MR) is 110 cm³/mol. The molecular weight excluding hydrogens is 449 g/mol. The van der Waals surface area contributed by atoms with Gasteiger partial charge in [0.2, 0.25) is 0 Å². The van der Waals surface area contributed by atoms with E-state index < -0.39 is 9.84 Å². The van der Waals surface area contributed by atoms with E-state index in [2.05, 4.69) is 52.0 Å². The number of hydrogen-bond donors (Lipinski definition) is 1. The molecule has 0 unspecified atom stereocenters. The van der Waals surface area contributed by atoms with E-state index >= 15 is 0 Å². The third kappa shape index (κ3) is 3.92. The van der Waals surface area contributed by atoms with E-state index in [9.17, 15) is 8.42 Å². The number of fused-ring (bicyclic) bond motifs is 1. The number of hydrogen-bond acceptors (Lipinski definition) is 5. The first-order valence-electron chi connectivity index (χ1n) is 7.78. The molecule has 0 atom stereocenters. The van der Waals surface area contributed by atoms with Crippen molar-refractivity contribution in [3.63, 3.8) is 0 Å². The minimum absolute atomic E-state index is 0.295. The van der Waals surface area contributed by atoms with Crippen molar-refractivity contribution in [3.05, 3.63) is 46.2 Å². The number of nitrogens with one attached hydrogen (secondary N) is 1. The zero-order valence-electron chi connectivity index (χ0n) is 14.1. The van der Waals surface area contributed by atoms with Crippen LogP contribution < -0.4 is 5.32 Å². The van der Waals surface area contributed by atoms with Gasteiger partial charge in [0.25, 0.3) is 0 Å². The molecular formula is C18H18IN3O2S. The van der Waals surface area contributed by atoms with Crippen LogP contribution >= 0.6 is 22.6 Å². The van der Waals surface area contributed by atoms with E-state index in [0.717, 1.165) is 31.4 Å². The number of nitrogens with zero attached hydrogens (tertiary/aromatic N) is 2. The van der Waals surface area contributed by atoms with Gasteiger partial charge in [-0.05, 0) is 71.8 Å². The molecule has 0 aliphatic heterocycles. The highest BCUT2D eigenvalue weighted by Gasteiger charge is 2.11. The van der Waals surface area contributed by atoms with Crippen LogP contribution in [-0.4, -0.2) is 30.9 Å². The summed E-state index contributed by atoms with van der Waals surface area (Å²) in [6.45, 7) is 4.17. The van der Waals surface area contributed by atoms with Crippen molar-refractivity contribution in [2.45, 2.75) is 24.8 Å². The lowest BCUT2D eigenvalue weighted by Gasteiger charge is -2.14. The largest absolute Gasteiger partial charge is 0.380 e. The fourth-order valence-electron chi connectivity index (χ4n) is 2.58. The van der Waals surface area contributed by atoms with E-state index in [1.807, 2.05) is 30.3 Å². The Morgan fingerprint density at radius 2 is 1.64 bits per heavy atom. The first kappa shape index (κ1) is 18.1. The number of sulfone groups is 1. The van der Waals surface area contributed by atoms with Crippen LogP contribution in [0.25, 0.3) is 22.0 Å². The van der Waals surface area contributed by atoms with Crippen molar-refractivity contribution in [2.75, 3.05) is 11.6 Å². The van der Waals surface area contributed by atoms with Crippen LogP contribution in [0.4, 0.5) is 5.69 Å². The molecule has 25 heavy (non-hydrogen) atoms. The molecule has 0 fully saturated rings. The fourth-order valence-corrected chi connectivity index (χ4v) is 3.77. The highest BCUT2D eigenvalue weighted by atomic mass is 127. The van der Waals surface area contributed by atoms with Gasteiger partial charge in [0.05, 0.1) is 16.1 Å². The number of halogens is 1. The summed E-state index contributed by atoms with van der Waals surface area (Å²) in [5, 5.41) is 13.0. The van der Waals surface area contributed by atoms with Crippen LogP contribution in [0.5, 0.6) is 0 Å². The SMILES string of the molecule is CC(C)Nc1c(I)nnc2cc(-c3ccc(S(C)(=O)=O)cc3)ccc12. The summed E-state index contributed by atoms with van der Waals surface area (Å²) in [4.78, 5) is 0.315. The van der Waals surface area contributed by atoms with Crippen LogP contribution in [0.2, 0.25) is 0 Å². The summed E-state index contributed by atoms with van der Waals surface area (Å²) in [6.07, 6.45) is 1.21. The van der Waals surface area contributed by atoms with E-state index in [1.54, 1.807) is 12.1 Å². The van der Waals surface area contributed by atoms with Crippen LogP contribution in [-0.2, 0) is 9.84 Å². The van der Waals surface area contributed by atoms with Crippen LogP contribution in [0, 0.1) is 3.70 Å². The normalized spacial score (nSPS) is 11.9. The molecule has 1 N–H and O–H groups in total. The zero-order chi connectivity index (χ0) is 18.2. The van der Waals surface area contributed by atoms with Crippen molar-refractivity contribution < 1.29 is 8.42 Å². The molecule has 3 aromatic rings. The maximum absolute atomic E-state index is 11.6. The minimum atomic E-state index is -3.19. The first-order chi connectivity index (χ1) is 11.8. The lowest BCUT2D eigenvalue weighted by atomic mass is 10.0. The maximum atomic E-state index is 11.6. The Bertz CT molecular complexity index is 1030. The molecule has 0 radical (unpaired) electrons. The topological polar surface area (TPSA) is 72.0 Å². The summed E-state index contributed by atoms with van der Waals surface area (Å²) in [5.41, 5.74) is 3.69. The number of aromatic nitrogens is 2. The molecule has 130 valence electrons. The lowest BCUT2D eigenvalue weighted by Crippen LogP contribution is -2.12. The monoisotopic (exact) mass is 467 g/mol.